The van der Waals surface area contributed by atoms with E-state index in [0.29, 0.717) is 6.61 Å². The quantitative estimate of drug-likeness (QED) is 0.766. The minimum Gasteiger partial charge on any atom is -0.496 e. The normalized spacial score (nSPS) is 10.0. The highest BCUT2D eigenvalue weighted by Crippen LogP contribution is 2.20. The van der Waals surface area contributed by atoms with Crippen molar-refractivity contribution in [3.8, 4) is 11.5 Å². The Morgan fingerprint density at radius 1 is 1.00 bits per heavy atom. The lowest BCUT2D eigenvalue weighted by molar-refractivity contribution is -0.139. The lowest BCUT2D eigenvalue weighted by atomic mass is 10.1. The number of carbonyl (C=O) groups excluding carboxylic acids is 1. The molecule has 2 aromatic rings. The molecule has 0 bridgehead atoms. The summed E-state index contributed by atoms with van der Waals surface area (Å²) >= 11 is 0. The number of esters is 1. The Morgan fingerprint density at radius 2 is 1.71 bits per heavy atom. The molecule has 0 aliphatic heterocycles. The van der Waals surface area contributed by atoms with E-state index in [4.69, 9.17) is 9.47 Å². The van der Waals surface area contributed by atoms with Gasteiger partial charge in [-0.15, -0.1) is 0 Å². The molecule has 4 heteroatoms. The zero-order valence-corrected chi connectivity index (χ0v) is 12.2. The van der Waals surface area contributed by atoms with Crippen LogP contribution in [0.15, 0.2) is 48.5 Å². The van der Waals surface area contributed by atoms with Crippen LogP contribution in [0.25, 0.3) is 0 Å². The summed E-state index contributed by atoms with van der Waals surface area (Å²) in [7, 11) is 3.02. The highest BCUT2D eigenvalue weighted by atomic mass is 16.5. The molecule has 0 spiro atoms. The Morgan fingerprint density at radius 3 is 2.38 bits per heavy atom. The van der Waals surface area contributed by atoms with Crippen molar-refractivity contribution in [3.63, 3.8) is 0 Å². The van der Waals surface area contributed by atoms with Crippen LogP contribution in [0.3, 0.4) is 0 Å². The van der Waals surface area contributed by atoms with Crippen LogP contribution in [0.1, 0.15) is 11.1 Å². The van der Waals surface area contributed by atoms with Crippen LogP contribution in [-0.2, 0) is 22.6 Å². The highest BCUT2D eigenvalue weighted by Gasteiger charge is 2.05. The fourth-order valence-corrected chi connectivity index (χ4v) is 1.93. The number of ether oxygens (including phenoxy) is 3. The second-order valence-electron chi connectivity index (χ2n) is 4.50. The van der Waals surface area contributed by atoms with E-state index >= 15 is 0 Å². The van der Waals surface area contributed by atoms with Gasteiger partial charge >= 0.3 is 5.97 Å². The van der Waals surface area contributed by atoms with Gasteiger partial charge < -0.3 is 14.2 Å². The molecule has 0 fully saturated rings. The molecular formula is C17H18O4. The van der Waals surface area contributed by atoms with Crippen LogP contribution in [0, 0.1) is 0 Å². The van der Waals surface area contributed by atoms with Crippen LogP contribution in [0.2, 0.25) is 0 Å². The average Bonchev–Trinajstić information content (AvgIpc) is 2.54. The standard InChI is InChI=1S/C17H18O4/c1-19-16-6-4-3-5-14(16)12-21-15-9-7-13(8-10-15)11-17(18)20-2/h3-10H,11-12H2,1-2H3. The van der Waals surface area contributed by atoms with E-state index in [1.165, 1.54) is 7.11 Å². The fraction of sp³-hybridized carbons (Fsp3) is 0.235. The first-order valence-electron chi connectivity index (χ1n) is 6.63. The monoisotopic (exact) mass is 286 g/mol. The first-order chi connectivity index (χ1) is 10.2. The van der Waals surface area contributed by atoms with Gasteiger partial charge in [0.25, 0.3) is 0 Å². The predicted molar refractivity (Wildman–Crippen MR) is 79.5 cm³/mol. The SMILES string of the molecule is COC(=O)Cc1ccc(OCc2ccccc2OC)cc1. The Hall–Kier alpha value is -2.49. The van der Waals surface area contributed by atoms with Crippen molar-refractivity contribution in [1.29, 1.82) is 0 Å². The largest absolute Gasteiger partial charge is 0.496 e. The van der Waals surface area contributed by atoms with E-state index < -0.39 is 0 Å². The van der Waals surface area contributed by atoms with Crippen molar-refractivity contribution in [1.82, 2.24) is 0 Å². The van der Waals surface area contributed by atoms with Crippen LogP contribution >= 0.6 is 0 Å². The van der Waals surface area contributed by atoms with Gasteiger partial charge in [-0.25, -0.2) is 0 Å². The van der Waals surface area contributed by atoms with E-state index in [9.17, 15) is 4.79 Å². The van der Waals surface area contributed by atoms with Crippen LogP contribution in [0.4, 0.5) is 0 Å². The van der Waals surface area contributed by atoms with Crippen LogP contribution in [-0.4, -0.2) is 20.2 Å². The third-order valence-corrected chi connectivity index (χ3v) is 3.09. The molecule has 0 amide bonds. The summed E-state index contributed by atoms with van der Waals surface area (Å²) < 4.78 is 15.6. The maximum atomic E-state index is 11.2. The van der Waals surface area contributed by atoms with Crippen molar-refractivity contribution in [2.24, 2.45) is 0 Å². The van der Waals surface area contributed by atoms with Crippen LogP contribution < -0.4 is 9.47 Å². The van der Waals surface area contributed by atoms with Gasteiger partial charge in [0.2, 0.25) is 0 Å². The lowest BCUT2D eigenvalue weighted by Crippen LogP contribution is -2.04. The molecule has 21 heavy (non-hydrogen) atoms. The highest BCUT2D eigenvalue weighted by molar-refractivity contribution is 5.72. The van der Waals surface area contributed by atoms with Crippen molar-refractivity contribution in [3.05, 3.63) is 59.7 Å². The third kappa shape index (κ3) is 4.24. The minimum atomic E-state index is -0.252. The van der Waals surface area contributed by atoms with E-state index in [1.54, 1.807) is 7.11 Å². The molecule has 0 atom stereocenters. The summed E-state index contributed by atoms with van der Waals surface area (Å²) in [5, 5.41) is 0. The zero-order chi connectivity index (χ0) is 15.1. The summed E-state index contributed by atoms with van der Waals surface area (Å²) in [4.78, 5) is 11.2. The Bertz CT molecular complexity index is 590. The molecule has 4 nitrogen and oxygen atoms in total. The summed E-state index contributed by atoms with van der Waals surface area (Å²) in [6.07, 6.45) is 0.267. The summed E-state index contributed by atoms with van der Waals surface area (Å²) in [5.41, 5.74) is 1.88. The smallest absolute Gasteiger partial charge is 0.309 e. The topological polar surface area (TPSA) is 44.8 Å². The molecular weight excluding hydrogens is 268 g/mol. The van der Waals surface area contributed by atoms with E-state index in [-0.39, 0.29) is 12.4 Å². The second kappa shape index (κ2) is 7.33. The molecule has 0 aliphatic carbocycles. The molecule has 0 saturated carbocycles. The number of para-hydroxylation sites is 1. The zero-order valence-electron chi connectivity index (χ0n) is 12.2. The van der Waals surface area contributed by atoms with Crippen LogP contribution in [0.5, 0.6) is 11.5 Å². The Kier molecular flexibility index (Phi) is 5.21. The van der Waals surface area contributed by atoms with E-state index in [1.807, 2.05) is 48.5 Å². The number of benzene rings is 2. The summed E-state index contributed by atoms with van der Waals surface area (Å²) in [6, 6.07) is 15.1. The maximum absolute atomic E-state index is 11.2. The maximum Gasteiger partial charge on any atom is 0.309 e. The third-order valence-electron chi connectivity index (χ3n) is 3.09. The van der Waals surface area contributed by atoms with Gasteiger partial charge in [-0.3, -0.25) is 4.79 Å². The molecule has 0 heterocycles. The van der Waals surface area contributed by atoms with Gasteiger partial charge in [-0.05, 0) is 23.8 Å². The molecule has 0 aromatic heterocycles. The van der Waals surface area contributed by atoms with Crippen molar-refractivity contribution in [2.75, 3.05) is 14.2 Å². The number of hydrogen-bond donors (Lipinski definition) is 0. The molecule has 0 radical (unpaired) electrons. The Labute approximate surface area is 124 Å². The number of methoxy groups -OCH3 is 2. The van der Waals surface area contributed by atoms with Crippen molar-refractivity contribution in [2.45, 2.75) is 13.0 Å². The van der Waals surface area contributed by atoms with E-state index in [0.717, 1.165) is 22.6 Å². The average molecular weight is 286 g/mol. The molecule has 0 saturated heterocycles. The number of rotatable bonds is 6. The summed E-state index contributed by atoms with van der Waals surface area (Å²) in [6.45, 7) is 0.431. The molecule has 0 unspecified atom stereocenters. The van der Waals surface area contributed by atoms with Crippen molar-refractivity contribution >= 4 is 5.97 Å². The first kappa shape index (κ1) is 14.9. The fourth-order valence-electron chi connectivity index (χ4n) is 1.93. The van der Waals surface area contributed by atoms with E-state index in [2.05, 4.69) is 4.74 Å². The van der Waals surface area contributed by atoms with Gasteiger partial charge in [0.15, 0.2) is 0 Å². The molecule has 0 aliphatic rings. The first-order valence-corrected chi connectivity index (χ1v) is 6.63. The summed E-state index contributed by atoms with van der Waals surface area (Å²) in [5.74, 6) is 1.30. The second-order valence-corrected chi connectivity index (χ2v) is 4.50. The number of carbonyl (C=O) groups is 1. The van der Waals surface area contributed by atoms with Gasteiger partial charge in [-0.1, -0.05) is 30.3 Å². The lowest BCUT2D eigenvalue weighted by Gasteiger charge is -2.10. The molecule has 2 rings (SSSR count). The van der Waals surface area contributed by atoms with Crippen molar-refractivity contribution < 1.29 is 19.0 Å². The van der Waals surface area contributed by atoms with Gasteiger partial charge in [-0.2, -0.15) is 0 Å². The van der Waals surface area contributed by atoms with Gasteiger partial charge in [0.1, 0.15) is 18.1 Å². The molecule has 0 N–H and O–H groups in total. The molecule has 110 valence electrons. The number of hydrogen-bond acceptors (Lipinski definition) is 4. The minimum absolute atomic E-state index is 0.252. The van der Waals surface area contributed by atoms with Gasteiger partial charge in [0, 0.05) is 5.56 Å². The Balaban J connectivity index is 1.96. The van der Waals surface area contributed by atoms with Gasteiger partial charge in [0.05, 0.1) is 20.6 Å². The predicted octanol–water partition coefficient (Wildman–Crippen LogP) is 2.99. The molecule has 2 aromatic carbocycles.